The number of likely N-dealkylation sites (tertiary alicyclic amines) is 1. The van der Waals surface area contributed by atoms with Crippen molar-refractivity contribution in [2.75, 3.05) is 13.2 Å². The van der Waals surface area contributed by atoms with Crippen molar-refractivity contribution in [1.29, 1.82) is 0 Å². The molecule has 0 aromatic heterocycles. The van der Waals surface area contributed by atoms with Crippen LogP contribution in [0.25, 0.3) is 0 Å². The van der Waals surface area contributed by atoms with Gasteiger partial charge in [-0.3, -0.25) is 0 Å². The smallest absolute Gasteiger partial charge is 0.410 e. The van der Waals surface area contributed by atoms with E-state index in [4.69, 9.17) is 10.5 Å². The number of hydrogen-bond donors (Lipinski definition) is 1. The van der Waals surface area contributed by atoms with Gasteiger partial charge in [-0.25, -0.2) is 9.18 Å². The van der Waals surface area contributed by atoms with Crippen LogP contribution in [0.5, 0.6) is 0 Å². The van der Waals surface area contributed by atoms with Gasteiger partial charge in [-0.2, -0.15) is 0 Å². The first-order valence-corrected chi connectivity index (χ1v) is 5.99. The normalized spacial score (nSPS) is 23.1. The van der Waals surface area contributed by atoms with E-state index in [-0.39, 0.29) is 12.6 Å². The highest BCUT2D eigenvalue weighted by molar-refractivity contribution is 5.68. The minimum Gasteiger partial charge on any atom is -0.445 e. The van der Waals surface area contributed by atoms with Crippen molar-refractivity contribution in [3.8, 4) is 0 Å². The van der Waals surface area contributed by atoms with E-state index >= 15 is 0 Å². The molecule has 1 saturated heterocycles. The summed E-state index contributed by atoms with van der Waals surface area (Å²) in [6, 6.07) is 8.78. The summed E-state index contributed by atoms with van der Waals surface area (Å²) in [6.07, 6.45) is 0.00571. The van der Waals surface area contributed by atoms with Crippen LogP contribution in [0.3, 0.4) is 0 Å². The van der Waals surface area contributed by atoms with Gasteiger partial charge >= 0.3 is 6.09 Å². The van der Waals surface area contributed by atoms with Crippen LogP contribution in [0.1, 0.15) is 12.0 Å². The average Bonchev–Trinajstić information content (AvgIpc) is 2.78. The highest BCUT2D eigenvalue weighted by atomic mass is 19.1. The molecule has 1 fully saturated rings. The van der Waals surface area contributed by atoms with E-state index in [2.05, 4.69) is 0 Å². The first-order valence-electron chi connectivity index (χ1n) is 5.99. The molecule has 2 atom stereocenters. The Bertz CT molecular complexity index is 399. The van der Waals surface area contributed by atoms with Crippen LogP contribution in [-0.4, -0.2) is 36.3 Å². The Labute approximate surface area is 106 Å². The van der Waals surface area contributed by atoms with Gasteiger partial charge in [0.2, 0.25) is 0 Å². The third kappa shape index (κ3) is 2.98. The number of nitrogens with zero attached hydrogens (tertiary/aromatic N) is 1. The fourth-order valence-electron chi connectivity index (χ4n) is 2.13. The van der Waals surface area contributed by atoms with Crippen LogP contribution in [0, 0.1) is 0 Å². The van der Waals surface area contributed by atoms with E-state index < -0.39 is 18.8 Å². The molecule has 1 amide bonds. The zero-order chi connectivity index (χ0) is 13.0. The van der Waals surface area contributed by atoms with Gasteiger partial charge in [-0.1, -0.05) is 30.3 Å². The molecule has 1 aromatic rings. The number of carbonyl (C=O) groups is 1. The summed E-state index contributed by atoms with van der Waals surface area (Å²) >= 11 is 0. The second-order valence-electron chi connectivity index (χ2n) is 4.50. The Hall–Kier alpha value is -1.62. The lowest BCUT2D eigenvalue weighted by Crippen LogP contribution is -2.38. The summed E-state index contributed by atoms with van der Waals surface area (Å²) in [4.78, 5) is 13.2. The molecule has 1 aromatic carbocycles. The molecule has 4 nitrogen and oxygen atoms in total. The first-order chi connectivity index (χ1) is 8.70. The molecule has 0 unspecified atom stereocenters. The quantitative estimate of drug-likeness (QED) is 0.890. The highest BCUT2D eigenvalue weighted by Gasteiger charge is 2.34. The molecule has 0 radical (unpaired) electrons. The number of benzene rings is 1. The maximum absolute atomic E-state index is 12.7. The number of nitrogens with two attached hydrogens (primary N) is 1. The minimum absolute atomic E-state index is 0.157. The highest BCUT2D eigenvalue weighted by Crippen LogP contribution is 2.18. The van der Waals surface area contributed by atoms with E-state index in [1.807, 2.05) is 30.3 Å². The largest absolute Gasteiger partial charge is 0.445 e. The maximum atomic E-state index is 12.7. The lowest BCUT2D eigenvalue weighted by Gasteiger charge is -2.21. The van der Waals surface area contributed by atoms with Crippen molar-refractivity contribution in [1.82, 2.24) is 4.90 Å². The molecule has 0 spiro atoms. The number of halogens is 1. The monoisotopic (exact) mass is 252 g/mol. The van der Waals surface area contributed by atoms with Crippen molar-refractivity contribution in [2.24, 2.45) is 5.73 Å². The molecule has 1 heterocycles. The maximum Gasteiger partial charge on any atom is 0.410 e. The summed E-state index contributed by atoms with van der Waals surface area (Å²) in [5, 5.41) is 0. The molecule has 2 rings (SSSR count). The van der Waals surface area contributed by atoms with Gasteiger partial charge in [0.05, 0.1) is 6.04 Å². The predicted octanol–water partition coefficient (Wildman–Crippen LogP) is 1.69. The molecule has 98 valence electrons. The molecule has 1 aliphatic heterocycles. The molecule has 5 heteroatoms. The molecular weight excluding hydrogens is 235 g/mol. The van der Waals surface area contributed by atoms with Crippen molar-refractivity contribution in [3.05, 3.63) is 35.9 Å². The van der Waals surface area contributed by atoms with Crippen LogP contribution < -0.4 is 5.73 Å². The van der Waals surface area contributed by atoms with E-state index in [0.29, 0.717) is 13.0 Å². The molecular formula is C13H17FN2O2. The molecule has 0 bridgehead atoms. The van der Waals surface area contributed by atoms with Crippen molar-refractivity contribution in [2.45, 2.75) is 25.1 Å². The summed E-state index contributed by atoms with van der Waals surface area (Å²) in [5.41, 5.74) is 6.63. The van der Waals surface area contributed by atoms with Crippen LogP contribution in [-0.2, 0) is 11.3 Å². The second-order valence-corrected chi connectivity index (χ2v) is 4.50. The fraction of sp³-hybridized carbons (Fsp3) is 0.462. The van der Waals surface area contributed by atoms with Gasteiger partial charge in [0.1, 0.15) is 13.3 Å². The summed E-state index contributed by atoms with van der Waals surface area (Å²) in [5.74, 6) is 0. The molecule has 0 aliphatic carbocycles. The van der Waals surface area contributed by atoms with Crippen LogP contribution >= 0.6 is 0 Å². The number of rotatable bonds is 3. The standard InChI is InChI=1S/C13H17FN2O2/c14-7-12-6-11(15)8-16(12)13(17)18-9-10-4-2-1-3-5-10/h1-5,11-12H,6-9,15H2/t11-,12+/m1/s1. The van der Waals surface area contributed by atoms with Gasteiger partial charge in [-0.05, 0) is 12.0 Å². The Balaban J connectivity index is 1.88. The number of carbonyl (C=O) groups excluding carboxylic acids is 1. The minimum atomic E-state index is -0.575. The van der Waals surface area contributed by atoms with Gasteiger partial charge in [0.15, 0.2) is 0 Å². The number of hydrogen-bond acceptors (Lipinski definition) is 3. The Morgan fingerprint density at radius 2 is 2.17 bits per heavy atom. The zero-order valence-corrected chi connectivity index (χ0v) is 10.1. The second kappa shape index (κ2) is 5.82. The van der Waals surface area contributed by atoms with Crippen LogP contribution in [0.15, 0.2) is 30.3 Å². The summed E-state index contributed by atoms with van der Waals surface area (Å²) in [6.45, 7) is -0.0131. The third-order valence-corrected chi connectivity index (χ3v) is 3.06. The topological polar surface area (TPSA) is 55.6 Å². The molecule has 1 aliphatic rings. The van der Waals surface area contributed by atoms with Crippen LogP contribution in [0.2, 0.25) is 0 Å². The Morgan fingerprint density at radius 3 is 2.83 bits per heavy atom. The van der Waals surface area contributed by atoms with Crippen molar-refractivity contribution in [3.63, 3.8) is 0 Å². The zero-order valence-electron chi connectivity index (χ0n) is 10.1. The number of alkyl halides is 1. The van der Waals surface area contributed by atoms with E-state index in [9.17, 15) is 9.18 Å². The van der Waals surface area contributed by atoms with E-state index in [0.717, 1.165) is 5.56 Å². The lowest BCUT2D eigenvalue weighted by atomic mass is 10.2. The van der Waals surface area contributed by atoms with Gasteiger partial charge in [-0.15, -0.1) is 0 Å². The van der Waals surface area contributed by atoms with Gasteiger partial charge < -0.3 is 15.4 Å². The van der Waals surface area contributed by atoms with Crippen LogP contribution in [0.4, 0.5) is 9.18 Å². The van der Waals surface area contributed by atoms with Gasteiger partial charge in [0, 0.05) is 12.6 Å². The first kappa shape index (κ1) is 12.8. The summed E-state index contributed by atoms with van der Waals surface area (Å²) < 4.78 is 17.9. The summed E-state index contributed by atoms with van der Waals surface area (Å²) in [7, 11) is 0. The fourth-order valence-corrected chi connectivity index (χ4v) is 2.13. The van der Waals surface area contributed by atoms with Gasteiger partial charge in [0.25, 0.3) is 0 Å². The Morgan fingerprint density at radius 1 is 1.44 bits per heavy atom. The molecule has 18 heavy (non-hydrogen) atoms. The SMILES string of the molecule is N[C@@H]1C[C@@H](CF)N(C(=O)OCc2ccccc2)C1. The van der Waals surface area contributed by atoms with Crippen molar-refractivity contribution < 1.29 is 13.9 Å². The van der Waals surface area contributed by atoms with Crippen molar-refractivity contribution >= 4 is 6.09 Å². The average molecular weight is 252 g/mol. The predicted molar refractivity (Wildman–Crippen MR) is 65.7 cm³/mol. The molecule has 0 saturated carbocycles. The number of ether oxygens (including phenoxy) is 1. The molecule has 2 N–H and O–H groups in total. The van der Waals surface area contributed by atoms with E-state index in [1.54, 1.807) is 0 Å². The number of amides is 1. The third-order valence-electron chi connectivity index (χ3n) is 3.06. The Kier molecular flexibility index (Phi) is 4.15. The lowest BCUT2D eigenvalue weighted by molar-refractivity contribution is 0.0875. The van der Waals surface area contributed by atoms with E-state index in [1.165, 1.54) is 4.90 Å².